The average molecular weight is 269 g/mol. The number of halogens is 1. The molecule has 0 heterocycles. The lowest BCUT2D eigenvalue weighted by molar-refractivity contribution is -0.118. The summed E-state index contributed by atoms with van der Waals surface area (Å²) in [5.74, 6) is -1.98. The monoisotopic (exact) mass is 269 g/mol. The first-order valence-electron chi connectivity index (χ1n) is 5.60. The highest BCUT2D eigenvalue weighted by molar-refractivity contribution is 5.96. The molecule has 1 atom stereocenters. The van der Waals surface area contributed by atoms with Gasteiger partial charge in [-0.25, -0.2) is 4.39 Å². The van der Waals surface area contributed by atoms with Crippen LogP contribution in [0.4, 0.5) is 10.1 Å². The predicted octanol–water partition coefficient (Wildman–Crippen LogP) is 0.227. The first-order valence-corrected chi connectivity index (χ1v) is 5.60. The maximum absolute atomic E-state index is 13.2. The number of carbonyl (C=O) groups excluding carboxylic acids is 2. The molecule has 1 rings (SSSR count). The number of benzene rings is 1. The molecular weight excluding hydrogens is 253 g/mol. The van der Waals surface area contributed by atoms with Gasteiger partial charge in [0.2, 0.25) is 5.91 Å². The molecular formula is C12H16FN3O3. The van der Waals surface area contributed by atoms with Crippen LogP contribution in [0.25, 0.3) is 0 Å². The molecule has 0 aliphatic rings. The van der Waals surface area contributed by atoms with Gasteiger partial charge in [0.15, 0.2) is 0 Å². The van der Waals surface area contributed by atoms with E-state index < -0.39 is 17.8 Å². The van der Waals surface area contributed by atoms with Gasteiger partial charge in [-0.15, -0.1) is 0 Å². The molecule has 6 nitrogen and oxygen atoms in total. The van der Waals surface area contributed by atoms with Gasteiger partial charge in [-0.1, -0.05) is 0 Å². The summed E-state index contributed by atoms with van der Waals surface area (Å²) in [7, 11) is 1.45. The fourth-order valence-electron chi connectivity index (χ4n) is 1.47. The molecule has 0 spiro atoms. The molecule has 2 amide bonds. The minimum atomic E-state index is -0.898. The smallest absolute Gasteiger partial charge is 0.251 e. The summed E-state index contributed by atoms with van der Waals surface area (Å²) in [4.78, 5) is 22.6. The number of amides is 2. The van der Waals surface area contributed by atoms with E-state index in [2.05, 4.69) is 5.32 Å². The Bertz CT molecular complexity index is 475. The van der Waals surface area contributed by atoms with E-state index in [4.69, 9.17) is 16.2 Å². The fourth-order valence-corrected chi connectivity index (χ4v) is 1.47. The Balaban J connectivity index is 2.74. The third-order valence-corrected chi connectivity index (χ3v) is 2.52. The van der Waals surface area contributed by atoms with E-state index in [0.717, 1.165) is 6.07 Å². The normalized spacial score (nSPS) is 11.9. The Morgan fingerprint density at radius 3 is 2.68 bits per heavy atom. The van der Waals surface area contributed by atoms with Crippen molar-refractivity contribution in [3.05, 3.63) is 29.6 Å². The van der Waals surface area contributed by atoms with Gasteiger partial charge in [-0.3, -0.25) is 9.59 Å². The molecule has 0 aromatic heterocycles. The number of carbonyl (C=O) groups is 2. The van der Waals surface area contributed by atoms with Gasteiger partial charge in [0, 0.05) is 19.3 Å². The van der Waals surface area contributed by atoms with Gasteiger partial charge in [0.05, 0.1) is 18.1 Å². The molecule has 19 heavy (non-hydrogen) atoms. The first kappa shape index (κ1) is 15.1. The summed E-state index contributed by atoms with van der Waals surface area (Å²) in [5, 5.41) is 2.51. The van der Waals surface area contributed by atoms with E-state index >= 15 is 0 Å². The van der Waals surface area contributed by atoms with Crippen LogP contribution in [0.2, 0.25) is 0 Å². The lowest BCUT2D eigenvalue weighted by Crippen LogP contribution is -2.28. The zero-order valence-electron chi connectivity index (χ0n) is 10.5. The quantitative estimate of drug-likeness (QED) is 0.686. The predicted molar refractivity (Wildman–Crippen MR) is 68.0 cm³/mol. The SMILES string of the molecule is COC(CN)CC(=O)Nc1ccc(F)c(C(N)=O)c1. The Morgan fingerprint density at radius 2 is 2.16 bits per heavy atom. The van der Waals surface area contributed by atoms with Gasteiger partial charge in [-0.05, 0) is 18.2 Å². The highest BCUT2D eigenvalue weighted by Gasteiger charge is 2.13. The molecule has 0 aliphatic heterocycles. The minimum Gasteiger partial charge on any atom is -0.380 e. The van der Waals surface area contributed by atoms with Crippen LogP contribution in [0.3, 0.4) is 0 Å². The number of nitrogens with two attached hydrogens (primary N) is 2. The number of anilines is 1. The van der Waals surface area contributed by atoms with E-state index in [1.54, 1.807) is 0 Å². The molecule has 0 fully saturated rings. The van der Waals surface area contributed by atoms with Crippen LogP contribution in [0.5, 0.6) is 0 Å². The van der Waals surface area contributed by atoms with E-state index in [-0.39, 0.29) is 30.1 Å². The molecule has 0 bridgehead atoms. The molecule has 1 aromatic carbocycles. The number of primary amides is 1. The van der Waals surface area contributed by atoms with Crippen molar-refractivity contribution in [2.24, 2.45) is 11.5 Å². The van der Waals surface area contributed by atoms with Crippen molar-refractivity contribution >= 4 is 17.5 Å². The minimum absolute atomic E-state index is 0.0658. The molecule has 7 heteroatoms. The Hall–Kier alpha value is -1.99. The van der Waals surface area contributed by atoms with E-state index in [1.807, 2.05) is 0 Å². The maximum atomic E-state index is 13.2. The highest BCUT2D eigenvalue weighted by atomic mass is 19.1. The Labute approximate surface area is 109 Å². The van der Waals surface area contributed by atoms with Crippen LogP contribution < -0.4 is 16.8 Å². The lowest BCUT2D eigenvalue weighted by Gasteiger charge is -2.13. The summed E-state index contributed by atoms with van der Waals surface area (Å²) < 4.78 is 18.2. The number of methoxy groups -OCH3 is 1. The third kappa shape index (κ3) is 4.31. The van der Waals surface area contributed by atoms with Crippen molar-refractivity contribution in [2.45, 2.75) is 12.5 Å². The number of nitrogens with one attached hydrogen (secondary N) is 1. The van der Waals surface area contributed by atoms with Crippen LogP contribution in [0.1, 0.15) is 16.8 Å². The van der Waals surface area contributed by atoms with Gasteiger partial charge in [0.1, 0.15) is 5.82 Å². The fraction of sp³-hybridized carbons (Fsp3) is 0.333. The van der Waals surface area contributed by atoms with Crippen LogP contribution in [-0.2, 0) is 9.53 Å². The molecule has 0 saturated heterocycles. The van der Waals surface area contributed by atoms with Crippen LogP contribution >= 0.6 is 0 Å². The Kier molecular flexibility index (Phi) is 5.40. The van der Waals surface area contributed by atoms with Gasteiger partial charge in [-0.2, -0.15) is 0 Å². The van der Waals surface area contributed by atoms with Crippen LogP contribution in [0, 0.1) is 5.82 Å². The summed E-state index contributed by atoms with van der Waals surface area (Å²) in [6.45, 7) is 0.208. The summed E-state index contributed by atoms with van der Waals surface area (Å²) in [5.41, 5.74) is 10.4. The van der Waals surface area contributed by atoms with Crippen molar-refractivity contribution in [2.75, 3.05) is 19.0 Å². The molecule has 0 radical (unpaired) electrons. The first-order chi connectivity index (χ1) is 8.97. The molecule has 104 valence electrons. The average Bonchev–Trinajstić information content (AvgIpc) is 2.37. The standard InChI is InChI=1S/C12H16FN3O3/c1-19-8(6-14)5-11(17)16-7-2-3-10(13)9(4-7)12(15)18/h2-4,8H,5-6,14H2,1H3,(H2,15,18)(H,16,17). The topological polar surface area (TPSA) is 107 Å². The Morgan fingerprint density at radius 1 is 1.47 bits per heavy atom. The van der Waals surface area contributed by atoms with Crippen molar-refractivity contribution in [3.63, 3.8) is 0 Å². The second-order valence-electron chi connectivity index (χ2n) is 3.90. The molecule has 5 N–H and O–H groups in total. The van der Waals surface area contributed by atoms with Gasteiger partial charge >= 0.3 is 0 Å². The van der Waals surface area contributed by atoms with Crippen molar-refractivity contribution < 1.29 is 18.7 Å². The number of hydrogen-bond acceptors (Lipinski definition) is 4. The van der Waals surface area contributed by atoms with Crippen LogP contribution in [-0.4, -0.2) is 31.6 Å². The van der Waals surface area contributed by atoms with Crippen molar-refractivity contribution in [1.29, 1.82) is 0 Å². The number of ether oxygens (including phenoxy) is 1. The zero-order chi connectivity index (χ0) is 14.4. The summed E-state index contributed by atoms with van der Waals surface area (Å²) in [6.07, 6.45) is -0.327. The largest absolute Gasteiger partial charge is 0.380 e. The third-order valence-electron chi connectivity index (χ3n) is 2.52. The second-order valence-corrected chi connectivity index (χ2v) is 3.90. The van der Waals surface area contributed by atoms with Crippen molar-refractivity contribution in [3.8, 4) is 0 Å². The van der Waals surface area contributed by atoms with E-state index in [0.29, 0.717) is 0 Å². The lowest BCUT2D eigenvalue weighted by atomic mass is 10.1. The zero-order valence-corrected chi connectivity index (χ0v) is 10.5. The summed E-state index contributed by atoms with van der Waals surface area (Å²) >= 11 is 0. The maximum Gasteiger partial charge on any atom is 0.251 e. The van der Waals surface area contributed by atoms with E-state index in [1.165, 1.54) is 19.2 Å². The van der Waals surface area contributed by atoms with Crippen molar-refractivity contribution in [1.82, 2.24) is 0 Å². The molecule has 0 aliphatic carbocycles. The molecule has 1 unspecified atom stereocenters. The molecule has 0 saturated carbocycles. The number of rotatable bonds is 6. The molecule has 1 aromatic rings. The van der Waals surface area contributed by atoms with E-state index in [9.17, 15) is 14.0 Å². The summed E-state index contributed by atoms with van der Waals surface area (Å²) in [6, 6.07) is 3.58. The second kappa shape index (κ2) is 6.81. The van der Waals surface area contributed by atoms with Crippen LogP contribution in [0.15, 0.2) is 18.2 Å². The van der Waals surface area contributed by atoms with Gasteiger partial charge < -0.3 is 21.5 Å². The number of hydrogen-bond donors (Lipinski definition) is 3. The highest BCUT2D eigenvalue weighted by Crippen LogP contribution is 2.15. The van der Waals surface area contributed by atoms with Gasteiger partial charge in [0.25, 0.3) is 5.91 Å².